The van der Waals surface area contributed by atoms with Crippen molar-refractivity contribution in [3.05, 3.63) is 0 Å². The number of esters is 1. The Morgan fingerprint density at radius 3 is 2.62 bits per heavy atom. The molecule has 1 heterocycles. The fourth-order valence-electron chi connectivity index (χ4n) is 5.21. The van der Waals surface area contributed by atoms with Crippen LogP contribution in [0, 0.1) is 23.2 Å². The summed E-state index contributed by atoms with van der Waals surface area (Å²) in [6.45, 7) is 9.29. The molecule has 1 aliphatic heterocycles. The molecule has 0 aromatic rings. The number of hydrogen-bond donors (Lipinski definition) is 0. The van der Waals surface area contributed by atoms with Crippen LogP contribution in [0.2, 0.25) is 0 Å². The maximum atomic E-state index is 12.8. The summed E-state index contributed by atoms with van der Waals surface area (Å²) in [6, 6.07) is 0. The second-order valence-corrected chi connectivity index (χ2v) is 8.92. The van der Waals surface area contributed by atoms with E-state index >= 15 is 0 Å². The summed E-state index contributed by atoms with van der Waals surface area (Å²) in [5.41, 5.74) is -1.36. The van der Waals surface area contributed by atoms with Crippen molar-refractivity contribution in [3.8, 4) is 0 Å². The summed E-state index contributed by atoms with van der Waals surface area (Å²) in [7, 11) is 0. The van der Waals surface area contributed by atoms with Crippen LogP contribution in [0.25, 0.3) is 0 Å². The maximum absolute atomic E-state index is 12.8. The van der Waals surface area contributed by atoms with Crippen LogP contribution in [-0.2, 0) is 34.1 Å². The first-order chi connectivity index (χ1) is 11.1. The van der Waals surface area contributed by atoms with E-state index in [0.717, 1.165) is 0 Å². The zero-order chi connectivity index (χ0) is 17.9. The Kier molecular flexibility index (Phi) is 4.42. The number of ether oxygens (including phenoxy) is 1. The van der Waals surface area contributed by atoms with E-state index in [2.05, 4.69) is 0 Å². The highest BCUT2D eigenvalue weighted by molar-refractivity contribution is 7.75. The quantitative estimate of drug-likeness (QED) is 0.705. The van der Waals surface area contributed by atoms with E-state index in [9.17, 15) is 13.8 Å². The van der Waals surface area contributed by atoms with Gasteiger partial charge in [0.15, 0.2) is 0 Å². The van der Waals surface area contributed by atoms with Gasteiger partial charge in [-0.1, -0.05) is 20.8 Å². The van der Waals surface area contributed by atoms with E-state index < -0.39 is 34.6 Å². The molecule has 2 aliphatic carbocycles. The van der Waals surface area contributed by atoms with Gasteiger partial charge in [-0.05, 0) is 25.7 Å². The van der Waals surface area contributed by atoms with Gasteiger partial charge in [0.1, 0.15) is 11.9 Å². The molecule has 0 amide bonds. The molecular formula is C17H26O6S. The largest absolute Gasteiger partial charge is 0.462 e. The molecule has 3 aliphatic rings. The fraction of sp³-hybridized carbons (Fsp3) is 0.882. The molecule has 0 bridgehead atoms. The molecule has 1 saturated heterocycles. The first-order valence-corrected chi connectivity index (χ1v) is 9.57. The molecular weight excluding hydrogens is 332 g/mol. The lowest BCUT2D eigenvalue weighted by Gasteiger charge is -2.60. The van der Waals surface area contributed by atoms with Gasteiger partial charge in [-0.25, -0.2) is 0 Å². The summed E-state index contributed by atoms with van der Waals surface area (Å²) >= 11 is -1.86. The molecule has 3 unspecified atom stereocenters. The van der Waals surface area contributed by atoms with Gasteiger partial charge in [-0.2, -0.15) is 4.21 Å². The van der Waals surface area contributed by atoms with Crippen LogP contribution >= 0.6 is 0 Å². The average molecular weight is 358 g/mol. The first-order valence-electron chi connectivity index (χ1n) is 8.57. The summed E-state index contributed by atoms with van der Waals surface area (Å²) in [4.78, 5) is 24.4. The van der Waals surface area contributed by atoms with Crippen molar-refractivity contribution in [3.63, 3.8) is 0 Å². The topological polar surface area (TPSA) is 78.9 Å². The Morgan fingerprint density at radius 2 is 2.04 bits per heavy atom. The van der Waals surface area contributed by atoms with Crippen LogP contribution in [0.3, 0.4) is 0 Å². The summed E-state index contributed by atoms with van der Waals surface area (Å²) in [6.07, 6.45) is 0.532. The molecule has 7 atom stereocenters. The third-order valence-corrected chi connectivity index (χ3v) is 7.02. The van der Waals surface area contributed by atoms with Gasteiger partial charge in [0.05, 0.1) is 11.7 Å². The van der Waals surface area contributed by atoms with Crippen LogP contribution in [0.1, 0.15) is 53.9 Å². The zero-order valence-corrected chi connectivity index (χ0v) is 15.7. The number of Topliss-reactive ketones (excluding diaryl/α,β-unsaturated/α-hetero) is 1. The van der Waals surface area contributed by atoms with E-state index in [1.165, 1.54) is 6.92 Å². The molecule has 3 fully saturated rings. The Bertz CT molecular complexity index is 590. The van der Waals surface area contributed by atoms with E-state index in [0.29, 0.717) is 19.3 Å². The van der Waals surface area contributed by atoms with Gasteiger partial charge in [0.2, 0.25) is 0 Å². The number of rotatable bonds is 2. The molecule has 136 valence electrons. The molecule has 0 N–H and O–H groups in total. The molecule has 3 rings (SSSR count). The van der Waals surface area contributed by atoms with E-state index in [1.54, 1.807) is 0 Å². The Balaban J connectivity index is 2.09. The van der Waals surface area contributed by atoms with Crippen molar-refractivity contribution in [2.75, 3.05) is 0 Å². The van der Waals surface area contributed by atoms with Crippen LogP contribution in [-0.4, -0.2) is 33.8 Å². The van der Waals surface area contributed by atoms with Gasteiger partial charge >= 0.3 is 17.3 Å². The van der Waals surface area contributed by atoms with Crippen molar-refractivity contribution >= 4 is 23.1 Å². The normalized spacial score (nSPS) is 48.1. The number of ketones is 1. The van der Waals surface area contributed by atoms with Crippen molar-refractivity contribution in [1.82, 2.24) is 0 Å². The minimum absolute atomic E-state index is 0.120. The molecule has 0 aromatic carbocycles. The predicted molar refractivity (Wildman–Crippen MR) is 86.8 cm³/mol. The maximum Gasteiger partial charge on any atom is 0.305 e. The van der Waals surface area contributed by atoms with Crippen molar-refractivity contribution in [2.24, 2.45) is 23.2 Å². The van der Waals surface area contributed by atoms with Crippen LogP contribution in [0.4, 0.5) is 0 Å². The molecule has 0 aromatic heterocycles. The van der Waals surface area contributed by atoms with Gasteiger partial charge < -0.3 is 4.74 Å². The second-order valence-electron chi connectivity index (χ2n) is 8.15. The molecule has 2 saturated carbocycles. The fourth-order valence-corrected chi connectivity index (χ4v) is 6.17. The Morgan fingerprint density at radius 1 is 1.38 bits per heavy atom. The monoisotopic (exact) mass is 358 g/mol. The van der Waals surface area contributed by atoms with Gasteiger partial charge in [-0.15, -0.1) is 0 Å². The lowest BCUT2D eigenvalue weighted by molar-refractivity contribution is -0.219. The van der Waals surface area contributed by atoms with Crippen LogP contribution < -0.4 is 0 Å². The summed E-state index contributed by atoms with van der Waals surface area (Å²) < 4.78 is 29.1. The minimum atomic E-state index is -1.86. The second kappa shape index (κ2) is 5.88. The van der Waals surface area contributed by atoms with E-state index in [4.69, 9.17) is 13.1 Å². The lowest BCUT2D eigenvalue weighted by atomic mass is 9.50. The molecule has 7 heteroatoms. The van der Waals surface area contributed by atoms with Gasteiger partial charge in [0, 0.05) is 30.6 Å². The van der Waals surface area contributed by atoms with Crippen molar-refractivity contribution in [1.29, 1.82) is 0 Å². The van der Waals surface area contributed by atoms with Crippen LogP contribution in [0.15, 0.2) is 0 Å². The highest BCUT2D eigenvalue weighted by Crippen LogP contribution is 2.59. The lowest BCUT2D eigenvalue weighted by Crippen LogP contribution is -2.69. The zero-order valence-electron chi connectivity index (χ0n) is 14.9. The smallest absolute Gasteiger partial charge is 0.305 e. The van der Waals surface area contributed by atoms with Crippen LogP contribution in [0.5, 0.6) is 0 Å². The van der Waals surface area contributed by atoms with Crippen molar-refractivity contribution in [2.45, 2.75) is 71.7 Å². The summed E-state index contributed by atoms with van der Waals surface area (Å²) in [5, 5.41) is 0. The molecule has 24 heavy (non-hydrogen) atoms. The molecule has 0 spiro atoms. The number of carbonyl (C=O) groups is 2. The van der Waals surface area contributed by atoms with Gasteiger partial charge in [0.25, 0.3) is 0 Å². The minimum Gasteiger partial charge on any atom is -0.462 e. The third kappa shape index (κ3) is 2.65. The Hall–Kier alpha value is -0.790. The first kappa shape index (κ1) is 18.0. The molecule has 6 nitrogen and oxygen atoms in total. The van der Waals surface area contributed by atoms with Gasteiger partial charge in [-0.3, -0.25) is 18.0 Å². The SMILES string of the molecule is CC(=O)O[C@H]1C[C@@]2(C)C(=O)CC[C@]3(C)OS(=O)OC(C23)[C@@H]1C(C)C. The summed E-state index contributed by atoms with van der Waals surface area (Å²) in [5.74, 6) is -0.380. The highest BCUT2D eigenvalue weighted by atomic mass is 32.2. The highest BCUT2D eigenvalue weighted by Gasteiger charge is 2.67. The Labute approximate surface area is 145 Å². The number of carbonyl (C=O) groups excluding carboxylic acids is 2. The molecule has 0 radical (unpaired) electrons. The van der Waals surface area contributed by atoms with E-state index in [-0.39, 0.29) is 29.5 Å². The average Bonchev–Trinajstić information content (AvgIpc) is 2.41. The number of hydrogen-bond acceptors (Lipinski definition) is 6. The standard InChI is InChI=1S/C17H26O6S/c1-9(2)13-11(21-10(3)18)8-16(4)12(19)6-7-17(5)15(16)14(13)22-24(20)23-17/h9,11,13-15H,6-8H2,1-5H3/t11-,13+,14?,15?,16-,17-,24?/m0/s1. The van der Waals surface area contributed by atoms with Crippen molar-refractivity contribution < 1.29 is 26.9 Å². The predicted octanol–water partition coefficient (Wildman–Crippen LogP) is 2.33. The third-order valence-electron chi connectivity index (χ3n) is 6.13. The van der Waals surface area contributed by atoms with E-state index in [1.807, 2.05) is 27.7 Å².